The maximum Gasteiger partial charge on any atom is 0.0558 e. The van der Waals surface area contributed by atoms with Gasteiger partial charge in [-0.15, -0.1) is 0 Å². The van der Waals surface area contributed by atoms with Gasteiger partial charge < -0.3 is 5.11 Å². The molecule has 0 aliphatic heterocycles. The van der Waals surface area contributed by atoms with Gasteiger partial charge in [0.2, 0.25) is 0 Å². The second kappa shape index (κ2) is 6.73. The summed E-state index contributed by atoms with van der Waals surface area (Å²) < 4.78 is 0. The average Bonchev–Trinajstić information content (AvgIpc) is 2.91. The first-order chi connectivity index (χ1) is 9.50. The van der Waals surface area contributed by atoms with Crippen molar-refractivity contribution in [2.45, 2.75) is 64.5 Å². The van der Waals surface area contributed by atoms with Crippen LogP contribution in [0.5, 0.6) is 0 Å². The van der Waals surface area contributed by atoms with Crippen molar-refractivity contribution >= 4 is 0 Å². The monoisotopic (exact) mass is 275 g/mol. The molecule has 2 nitrogen and oxygen atoms in total. The number of hydrogen-bond acceptors (Lipinski definition) is 2. The third kappa shape index (κ3) is 4.07. The van der Waals surface area contributed by atoms with E-state index < -0.39 is 0 Å². The van der Waals surface area contributed by atoms with Crippen LogP contribution in [-0.4, -0.2) is 29.2 Å². The highest BCUT2D eigenvalue weighted by molar-refractivity contribution is 5.27. The van der Waals surface area contributed by atoms with Crippen molar-refractivity contribution in [2.75, 3.05) is 13.2 Å². The van der Waals surface area contributed by atoms with E-state index >= 15 is 0 Å². The fourth-order valence-corrected chi connectivity index (χ4v) is 3.13. The van der Waals surface area contributed by atoms with Gasteiger partial charge in [-0.25, -0.2) is 0 Å². The van der Waals surface area contributed by atoms with Crippen molar-refractivity contribution in [3.63, 3.8) is 0 Å². The van der Waals surface area contributed by atoms with Crippen molar-refractivity contribution in [3.05, 3.63) is 35.4 Å². The van der Waals surface area contributed by atoms with E-state index in [0.29, 0.717) is 6.04 Å². The minimum atomic E-state index is 0.217. The largest absolute Gasteiger partial charge is 0.395 e. The molecule has 1 saturated carbocycles. The third-order valence-electron chi connectivity index (χ3n) is 4.43. The molecule has 112 valence electrons. The lowest BCUT2D eigenvalue weighted by atomic mass is 9.86. The molecule has 0 amide bonds. The molecular formula is C18H29NO. The Hall–Kier alpha value is -0.860. The van der Waals surface area contributed by atoms with Crippen molar-refractivity contribution < 1.29 is 5.11 Å². The smallest absolute Gasteiger partial charge is 0.0558 e. The van der Waals surface area contributed by atoms with Crippen molar-refractivity contribution in [2.24, 2.45) is 0 Å². The van der Waals surface area contributed by atoms with Gasteiger partial charge in [-0.1, -0.05) is 57.9 Å². The van der Waals surface area contributed by atoms with Crippen molar-refractivity contribution in [1.29, 1.82) is 0 Å². The van der Waals surface area contributed by atoms with Gasteiger partial charge in [0.05, 0.1) is 6.61 Å². The van der Waals surface area contributed by atoms with Crippen LogP contribution < -0.4 is 0 Å². The zero-order valence-corrected chi connectivity index (χ0v) is 13.2. The zero-order valence-electron chi connectivity index (χ0n) is 13.2. The van der Waals surface area contributed by atoms with Crippen LogP contribution >= 0.6 is 0 Å². The fraction of sp³-hybridized carbons (Fsp3) is 0.667. The van der Waals surface area contributed by atoms with E-state index in [2.05, 4.69) is 49.9 Å². The quantitative estimate of drug-likeness (QED) is 0.885. The van der Waals surface area contributed by atoms with E-state index in [-0.39, 0.29) is 12.0 Å². The Bertz CT molecular complexity index is 398. The van der Waals surface area contributed by atoms with Gasteiger partial charge in [0, 0.05) is 19.1 Å². The standard InChI is InChI=1S/C18H29NO/c1-18(2,3)16-10-8-15(9-11-16)14-19(12-13-20)17-6-4-5-7-17/h8-11,17,20H,4-7,12-14H2,1-3H3. The molecule has 0 unspecified atom stereocenters. The summed E-state index contributed by atoms with van der Waals surface area (Å²) in [5, 5.41) is 9.28. The van der Waals surface area contributed by atoms with Crippen LogP contribution in [0.4, 0.5) is 0 Å². The first-order valence-electron chi connectivity index (χ1n) is 7.95. The van der Waals surface area contributed by atoms with Crippen LogP contribution in [0.3, 0.4) is 0 Å². The molecule has 0 aromatic heterocycles. The van der Waals surface area contributed by atoms with Gasteiger partial charge in [0.1, 0.15) is 0 Å². The molecular weight excluding hydrogens is 246 g/mol. The Morgan fingerprint density at radius 3 is 2.20 bits per heavy atom. The minimum Gasteiger partial charge on any atom is -0.395 e. The van der Waals surface area contributed by atoms with Crippen LogP contribution in [-0.2, 0) is 12.0 Å². The lowest BCUT2D eigenvalue weighted by Gasteiger charge is -2.28. The molecule has 0 bridgehead atoms. The Labute approximate surface area is 123 Å². The normalized spacial score (nSPS) is 17.1. The second-order valence-electron chi connectivity index (χ2n) is 7.08. The van der Waals surface area contributed by atoms with Crippen LogP contribution in [0.1, 0.15) is 57.6 Å². The molecule has 1 aromatic rings. The highest BCUT2D eigenvalue weighted by Crippen LogP contribution is 2.26. The average molecular weight is 275 g/mol. The van der Waals surface area contributed by atoms with E-state index in [4.69, 9.17) is 0 Å². The summed E-state index contributed by atoms with van der Waals surface area (Å²) in [6.07, 6.45) is 5.27. The first-order valence-corrected chi connectivity index (χ1v) is 7.95. The summed E-state index contributed by atoms with van der Waals surface area (Å²) in [5.41, 5.74) is 2.96. The molecule has 2 rings (SSSR count). The second-order valence-corrected chi connectivity index (χ2v) is 7.08. The van der Waals surface area contributed by atoms with E-state index in [9.17, 15) is 5.11 Å². The number of nitrogens with zero attached hydrogens (tertiary/aromatic N) is 1. The number of rotatable bonds is 5. The van der Waals surface area contributed by atoms with Crippen LogP contribution in [0, 0.1) is 0 Å². The fourth-order valence-electron chi connectivity index (χ4n) is 3.13. The van der Waals surface area contributed by atoms with Gasteiger partial charge in [0.15, 0.2) is 0 Å². The lowest BCUT2D eigenvalue weighted by Crippen LogP contribution is -2.35. The van der Waals surface area contributed by atoms with Crippen molar-refractivity contribution in [1.82, 2.24) is 4.90 Å². The Morgan fingerprint density at radius 2 is 1.70 bits per heavy atom. The molecule has 0 radical (unpaired) electrons. The molecule has 0 heterocycles. The van der Waals surface area contributed by atoms with Gasteiger partial charge in [-0.2, -0.15) is 0 Å². The van der Waals surface area contributed by atoms with E-state index in [1.807, 2.05) is 0 Å². The minimum absolute atomic E-state index is 0.217. The highest BCUT2D eigenvalue weighted by atomic mass is 16.3. The molecule has 1 aliphatic rings. The predicted molar refractivity (Wildman–Crippen MR) is 84.9 cm³/mol. The Morgan fingerprint density at radius 1 is 1.10 bits per heavy atom. The Kier molecular flexibility index (Phi) is 5.22. The summed E-state index contributed by atoms with van der Waals surface area (Å²) >= 11 is 0. The van der Waals surface area contributed by atoms with E-state index in [1.54, 1.807) is 0 Å². The molecule has 0 spiro atoms. The van der Waals surface area contributed by atoms with E-state index in [1.165, 1.54) is 36.8 Å². The molecule has 1 aliphatic carbocycles. The molecule has 1 aromatic carbocycles. The third-order valence-corrected chi connectivity index (χ3v) is 4.43. The molecule has 20 heavy (non-hydrogen) atoms. The van der Waals surface area contributed by atoms with Gasteiger partial charge in [-0.05, 0) is 29.4 Å². The Balaban J connectivity index is 2.02. The summed E-state index contributed by atoms with van der Waals surface area (Å²) in [7, 11) is 0. The molecule has 0 atom stereocenters. The topological polar surface area (TPSA) is 23.5 Å². The summed E-state index contributed by atoms with van der Waals surface area (Å²) in [6.45, 7) is 8.77. The molecule has 0 saturated heterocycles. The highest BCUT2D eigenvalue weighted by Gasteiger charge is 2.22. The van der Waals surface area contributed by atoms with Gasteiger partial charge in [-0.3, -0.25) is 4.90 Å². The zero-order chi connectivity index (χ0) is 14.6. The van der Waals surface area contributed by atoms with Crippen LogP contribution in [0.15, 0.2) is 24.3 Å². The lowest BCUT2D eigenvalue weighted by molar-refractivity contribution is 0.145. The SMILES string of the molecule is CC(C)(C)c1ccc(CN(CCO)C2CCCC2)cc1. The van der Waals surface area contributed by atoms with Crippen LogP contribution in [0.25, 0.3) is 0 Å². The molecule has 1 fully saturated rings. The number of hydrogen-bond donors (Lipinski definition) is 1. The summed E-state index contributed by atoms with van der Waals surface area (Å²) in [4.78, 5) is 2.46. The molecule has 1 N–H and O–H groups in total. The first kappa shape index (κ1) is 15.5. The summed E-state index contributed by atoms with van der Waals surface area (Å²) in [6, 6.07) is 9.67. The predicted octanol–water partition coefficient (Wildman–Crippen LogP) is 3.72. The molecule has 2 heteroatoms. The van der Waals surface area contributed by atoms with E-state index in [0.717, 1.165) is 13.1 Å². The van der Waals surface area contributed by atoms with Crippen molar-refractivity contribution in [3.8, 4) is 0 Å². The number of aliphatic hydroxyl groups excluding tert-OH is 1. The summed E-state index contributed by atoms with van der Waals surface area (Å²) in [5.74, 6) is 0. The van der Waals surface area contributed by atoms with Crippen LogP contribution in [0.2, 0.25) is 0 Å². The number of aliphatic hydroxyl groups is 1. The maximum atomic E-state index is 9.28. The van der Waals surface area contributed by atoms with Gasteiger partial charge >= 0.3 is 0 Å². The number of benzene rings is 1. The van der Waals surface area contributed by atoms with Gasteiger partial charge in [0.25, 0.3) is 0 Å². The maximum absolute atomic E-state index is 9.28.